The molecule has 0 aliphatic carbocycles. The Morgan fingerprint density at radius 3 is 2.45 bits per heavy atom. The van der Waals surface area contributed by atoms with Gasteiger partial charge in [0.25, 0.3) is 5.15 Å². The summed E-state index contributed by atoms with van der Waals surface area (Å²) in [5, 5.41) is 1.86. The van der Waals surface area contributed by atoms with Crippen molar-refractivity contribution in [2.24, 2.45) is 0 Å². The predicted molar refractivity (Wildman–Crippen MR) is 81.8 cm³/mol. The average molecular weight is 285 g/mol. The highest BCUT2D eigenvalue weighted by atomic mass is 35.5. The van der Waals surface area contributed by atoms with Crippen LogP contribution in [0.3, 0.4) is 0 Å². The molecule has 0 unspecified atom stereocenters. The number of pyridine rings is 1. The van der Waals surface area contributed by atoms with Gasteiger partial charge >= 0.3 is 0 Å². The third kappa shape index (κ3) is 2.12. The van der Waals surface area contributed by atoms with E-state index in [1.165, 1.54) is 5.39 Å². The van der Waals surface area contributed by atoms with Gasteiger partial charge in [0.15, 0.2) is 0 Å². The van der Waals surface area contributed by atoms with Crippen LogP contribution in [0.5, 0.6) is 5.75 Å². The summed E-state index contributed by atoms with van der Waals surface area (Å²) in [7, 11) is 1.67. The van der Waals surface area contributed by atoms with Gasteiger partial charge in [-0.05, 0) is 36.2 Å². The van der Waals surface area contributed by atoms with Crippen LogP contribution in [0.2, 0.25) is 5.15 Å². The second kappa shape index (κ2) is 5.14. The first-order valence-corrected chi connectivity index (χ1v) is 6.83. The minimum Gasteiger partial charge on any atom is -0.497 e. The van der Waals surface area contributed by atoms with Crippen LogP contribution in [0.15, 0.2) is 54.6 Å². The Balaban J connectivity index is 2.40. The van der Waals surface area contributed by atoms with Gasteiger partial charge in [0.05, 0.1) is 18.6 Å². The van der Waals surface area contributed by atoms with Crippen LogP contribution in [0.25, 0.3) is 16.6 Å². The largest absolute Gasteiger partial charge is 0.497 e. The summed E-state index contributed by atoms with van der Waals surface area (Å²) in [6.45, 7) is 2.07. The standard InChI is InChI=1S/C17H15ClNO/c1-12-10-17(18)19(13-6-4-3-5-7-13)16-11-14(20-2)8-9-15(12)16/h3-11H,1-2H3/q+1. The normalized spacial score (nSPS) is 10.8. The van der Waals surface area contributed by atoms with Gasteiger partial charge < -0.3 is 4.74 Å². The van der Waals surface area contributed by atoms with E-state index >= 15 is 0 Å². The Bertz CT molecular complexity index is 769. The number of aryl methyl sites for hydroxylation is 1. The summed E-state index contributed by atoms with van der Waals surface area (Å²) >= 11 is 6.46. The molecule has 100 valence electrons. The van der Waals surface area contributed by atoms with Crippen molar-refractivity contribution in [3.05, 3.63) is 65.3 Å². The maximum Gasteiger partial charge on any atom is 0.281 e. The maximum atomic E-state index is 6.46. The fourth-order valence-corrected chi connectivity index (χ4v) is 2.78. The molecule has 0 fully saturated rings. The number of nitrogens with zero attached hydrogens (tertiary/aromatic N) is 1. The number of benzene rings is 2. The Hall–Kier alpha value is -2.06. The lowest BCUT2D eigenvalue weighted by Gasteiger charge is -2.07. The minimum atomic E-state index is 0.689. The van der Waals surface area contributed by atoms with E-state index < -0.39 is 0 Å². The van der Waals surface area contributed by atoms with E-state index in [2.05, 4.69) is 13.0 Å². The van der Waals surface area contributed by atoms with Crippen molar-refractivity contribution in [2.75, 3.05) is 7.11 Å². The number of aromatic nitrogens is 1. The van der Waals surface area contributed by atoms with Crippen LogP contribution in [0.4, 0.5) is 0 Å². The number of hydrogen-bond acceptors (Lipinski definition) is 1. The molecule has 0 saturated heterocycles. The Labute approximate surface area is 123 Å². The molecule has 0 saturated carbocycles. The summed E-state index contributed by atoms with van der Waals surface area (Å²) in [5.41, 5.74) is 3.23. The second-order valence-corrected chi connectivity index (χ2v) is 5.09. The van der Waals surface area contributed by atoms with Crippen molar-refractivity contribution < 1.29 is 9.30 Å². The van der Waals surface area contributed by atoms with E-state index in [-0.39, 0.29) is 0 Å². The van der Waals surface area contributed by atoms with Crippen molar-refractivity contribution in [3.8, 4) is 11.4 Å². The number of rotatable bonds is 2. The highest BCUT2D eigenvalue weighted by Crippen LogP contribution is 2.24. The summed E-state index contributed by atoms with van der Waals surface area (Å²) in [6, 6.07) is 18.1. The van der Waals surface area contributed by atoms with Gasteiger partial charge in [0.1, 0.15) is 5.75 Å². The SMILES string of the molecule is COc1ccc2c(C)cc(Cl)[n+](-c3ccccc3)c2c1. The van der Waals surface area contributed by atoms with Crippen LogP contribution in [0.1, 0.15) is 5.56 Å². The fraction of sp³-hybridized carbons (Fsp3) is 0.118. The lowest BCUT2D eigenvalue weighted by Crippen LogP contribution is -2.33. The van der Waals surface area contributed by atoms with Gasteiger partial charge in [-0.25, -0.2) is 0 Å². The lowest BCUT2D eigenvalue weighted by molar-refractivity contribution is -0.564. The van der Waals surface area contributed by atoms with E-state index in [1.54, 1.807) is 7.11 Å². The predicted octanol–water partition coefficient (Wildman–Crippen LogP) is 4.09. The van der Waals surface area contributed by atoms with Crippen LogP contribution < -0.4 is 9.30 Å². The first-order valence-electron chi connectivity index (χ1n) is 6.45. The minimum absolute atomic E-state index is 0.689. The Morgan fingerprint density at radius 1 is 1.00 bits per heavy atom. The monoisotopic (exact) mass is 284 g/mol. The van der Waals surface area contributed by atoms with Gasteiger partial charge in [-0.15, -0.1) is 4.57 Å². The lowest BCUT2D eigenvalue weighted by atomic mass is 10.1. The third-order valence-corrected chi connectivity index (χ3v) is 3.71. The van der Waals surface area contributed by atoms with Gasteiger partial charge in [-0.1, -0.05) is 18.2 Å². The number of halogens is 1. The van der Waals surface area contributed by atoms with Gasteiger partial charge in [0, 0.05) is 18.2 Å². The molecule has 1 aromatic heterocycles. The molecule has 0 N–H and O–H groups in total. The molecule has 2 aromatic carbocycles. The first-order chi connectivity index (χ1) is 9.70. The number of methoxy groups -OCH3 is 1. The van der Waals surface area contributed by atoms with Gasteiger partial charge in [-0.3, -0.25) is 0 Å². The van der Waals surface area contributed by atoms with Crippen LogP contribution in [-0.4, -0.2) is 7.11 Å². The van der Waals surface area contributed by atoms with Crippen LogP contribution in [-0.2, 0) is 0 Å². The first kappa shape index (κ1) is 12.9. The molecule has 20 heavy (non-hydrogen) atoms. The molecule has 0 spiro atoms. The molecule has 0 amide bonds. The molecular weight excluding hydrogens is 270 g/mol. The molecule has 3 rings (SSSR count). The molecule has 3 aromatic rings. The second-order valence-electron chi connectivity index (χ2n) is 4.70. The third-order valence-electron chi connectivity index (χ3n) is 3.43. The number of hydrogen-bond donors (Lipinski definition) is 0. The molecule has 0 aliphatic rings. The number of para-hydroxylation sites is 1. The van der Waals surface area contributed by atoms with Gasteiger partial charge in [-0.2, -0.15) is 0 Å². The van der Waals surface area contributed by atoms with Gasteiger partial charge in [0.2, 0.25) is 11.2 Å². The average Bonchev–Trinajstić information content (AvgIpc) is 2.47. The Kier molecular flexibility index (Phi) is 3.33. The summed E-state index contributed by atoms with van der Waals surface area (Å²) in [6.07, 6.45) is 0. The zero-order valence-electron chi connectivity index (χ0n) is 11.4. The zero-order chi connectivity index (χ0) is 14.1. The van der Waals surface area contributed by atoms with Crippen molar-refractivity contribution >= 4 is 22.5 Å². The van der Waals surface area contributed by atoms with E-state index in [4.69, 9.17) is 16.3 Å². The highest BCUT2D eigenvalue weighted by molar-refractivity contribution is 6.28. The molecule has 0 atom stereocenters. The molecule has 0 bridgehead atoms. The smallest absolute Gasteiger partial charge is 0.281 e. The number of ether oxygens (including phenoxy) is 1. The molecule has 3 heteroatoms. The topological polar surface area (TPSA) is 13.1 Å². The van der Waals surface area contributed by atoms with Crippen molar-refractivity contribution in [1.29, 1.82) is 0 Å². The van der Waals surface area contributed by atoms with E-state index in [0.717, 1.165) is 22.5 Å². The molecule has 0 radical (unpaired) electrons. The van der Waals surface area contributed by atoms with Crippen molar-refractivity contribution in [3.63, 3.8) is 0 Å². The van der Waals surface area contributed by atoms with Crippen molar-refractivity contribution in [1.82, 2.24) is 0 Å². The summed E-state index contributed by atoms with van der Waals surface area (Å²) in [5.74, 6) is 0.823. The molecule has 1 heterocycles. The summed E-state index contributed by atoms with van der Waals surface area (Å²) in [4.78, 5) is 0. The van der Waals surface area contributed by atoms with Crippen molar-refractivity contribution in [2.45, 2.75) is 6.92 Å². The molecule has 2 nitrogen and oxygen atoms in total. The van der Waals surface area contributed by atoms with E-state index in [9.17, 15) is 0 Å². The molecular formula is C17H15ClNO+. The van der Waals surface area contributed by atoms with Crippen LogP contribution in [0, 0.1) is 6.92 Å². The van der Waals surface area contributed by atoms with E-state index in [1.807, 2.05) is 53.1 Å². The quantitative estimate of drug-likeness (QED) is 0.510. The fourth-order valence-electron chi connectivity index (χ4n) is 2.43. The highest BCUT2D eigenvalue weighted by Gasteiger charge is 2.19. The Morgan fingerprint density at radius 2 is 1.75 bits per heavy atom. The maximum absolute atomic E-state index is 6.46. The zero-order valence-corrected chi connectivity index (χ0v) is 12.2. The molecule has 0 aliphatic heterocycles. The summed E-state index contributed by atoms with van der Waals surface area (Å²) < 4.78 is 7.37. The number of fused-ring (bicyclic) bond motifs is 1. The van der Waals surface area contributed by atoms with E-state index in [0.29, 0.717) is 5.15 Å². The van der Waals surface area contributed by atoms with Crippen LogP contribution >= 0.6 is 11.6 Å².